The summed E-state index contributed by atoms with van der Waals surface area (Å²) in [4.78, 5) is 12.6. The Morgan fingerprint density at radius 2 is 1.86 bits per heavy atom. The molecule has 0 bridgehead atoms. The van der Waals surface area contributed by atoms with Crippen molar-refractivity contribution in [1.29, 1.82) is 0 Å². The van der Waals surface area contributed by atoms with Crippen molar-refractivity contribution in [3.05, 3.63) is 29.3 Å². The minimum absolute atomic E-state index is 0.0530. The molecule has 0 saturated heterocycles. The van der Waals surface area contributed by atoms with Gasteiger partial charge in [0.1, 0.15) is 0 Å². The fourth-order valence-electron chi connectivity index (χ4n) is 3.52. The third-order valence-electron chi connectivity index (χ3n) is 4.30. The van der Waals surface area contributed by atoms with Crippen molar-refractivity contribution in [3.63, 3.8) is 0 Å². The summed E-state index contributed by atoms with van der Waals surface area (Å²) in [6, 6.07) is 6.29. The van der Waals surface area contributed by atoms with Crippen molar-refractivity contribution in [2.45, 2.75) is 53.0 Å². The monoisotopic (exact) mass is 288 g/mol. The van der Waals surface area contributed by atoms with E-state index < -0.39 is 0 Å². The van der Waals surface area contributed by atoms with Crippen molar-refractivity contribution in [2.24, 2.45) is 11.8 Å². The Morgan fingerprint density at radius 1 is 1.19 bits per heavy atom. The Balaban J connectivity index is 2.09. The lowest BCUT2D eigenvalue weighted by molar-refractivity contribution is 0.0912. The standard InChI is InChI=1S/C18H28N2O/c1-5-19-17-11-12(2)6-7-16(17)18(21)20-15-9-13(3)8-14(4)10-15/h6-7,11,13-15,19H,5,8-10H2,1-4H3,(H,20,21). The molecule has 1 aliphatic carbocycles. The molecule has 1 aliphatic rings. The van der Waals surface area contributed by atoms with Crippen LogP contribution in [0, 0.1) is 18.8 Å². The minimum Gasteiger partial charge on any atom is -0.385 e. The van der Waals surface area contributed by atoms with Gasteiger partial charge in [-0.05, 0) is 62.6 Å². The molecule has 1 fully saturated rings. The number of amides is 1. The maximum absolute atomic E-state index is 12.6. The lowest BCUT2D eigenvalue weighted by atomic mass is 9.80. The van der Waals surface area contributed by atoms with E-state index in [4.69, 9.17) is 0 Å². The molecule has 1 saturated carbocycles. The lowest BCUT2D eigenvalue weighted by Gasteiger charge is -2.32. The summed E-state index contributed by atoms with van der Waals surface area (Å²) in [7, 11) is 0. The second kappa shape index (κ2) is 6.97. The zero-order chi connectivity index (χ0) is 15.4. The van der Waals surface area contributed by atoms with Crippen molar-refractivity contribution in [3.8, 4) is 0 Å². The summed E-state index contributed by atoms with van der Waals surface area (Å²) in [5.74, 6) is 1.45. The summed E-state index contributed by atoms with van der Waals surface area (Å²) < 4.78 is 0. The smallest absolute Gasteiger partial charge is 0.253 e. The van der Waals surface area contributed by atoms with E-state index in [1.54, 1.807) is 0 Å². The van der Waals surface area contributed by atoms with Gasteiger partial charge in [0, 0.05) is 18.3 Å². The van der Waals surface area contributed by atoms with Crippen LogP contribution < -0.4 is 10.6 Å². The van der Waals surface area contributed by atoms with Crippen LogP contribution in [0.4, 0.5) is 5.69 Å². The first-order chi connectivity index (χ1) is 9.99. The number of hydrogen-bond donors (Lipinski definition) is 2. The van der Waals surface area contributed by atoms with Gasteiger partial charge in [0.05, 0.1) is 5.56 Å². The molecule has 3 nitrogen and oxygen atoms in total. The summed E-state index contributed by atoms with van der Waals surface area (Å²) in [5, 5.41) is 6.53. The van der Waals surface area contributed by atoms with Crippen molar-refractivity contribution < 1.29 is 4.79 Å². The Bertz CT molecular complexity index is 488. The van der Waals surface area contributed by atoms with E-state index in [2.05, 4.69) is 31.4 Å². The first-order valence-electron chi connectivity index (χ1n) is 8.15. The molecular formula is C18H28N2O. The van der Waals surface area contributed by atoms with Crippen molar-refractivity contribution in [1.82, 2.24) is 5.32 Å². The van der Waals surface area contributed by atoms with Crippen LogP contribution >= 0.6 is 0 Å². The molecule has 0 heterocycles. The van der Waals surface area contributed by atoms with E-state index >= 15 is 0 Å². The molecular weight excluding hydrogens is 260 g/mol. The van der Waals surface area contributed by atoms with E-state index in [9.17, 15) is 4.79 Å². The topological polar surface area (TPSA) is 41.1 Å². The van der Waals surface area contributed by atoms with Crippen LogP contribution in [-0.4, -0.2) is 18.5 Å². The summed E-state index contributed by atoms with van der Waals surface area (Å²) in [6.07, 6.45) is 3.47. The highest BCUT2D eigenvalue weighted by Crippen LogP contribution is 2.29. The van der Waals surface area contributed by atoms with E-state index in [1.807, 2.05) is 25.1 Å². The molecule has 0 aromatic heterocycles. The zero-order valence-corrected chi connectivity index (χ0v) is 13.7. The van der Waals surface area contributed by atoms with Crippen molar-refractivity contribution in [2.75, 3.05) is 11.9 Å². The summed E-state index contributed by atoms with van der Waals surface area (Å²) in [6.45, 7) is 9.48. The predicted octanol–water partition coefficient (Wildman–Crippen LogP) is 3.98. The van der Waals surface area contributed by atoms with Crippen LogP contribution in [0.15, 0.2) is 18.2 Å². The largest absolute Gasteiger partial charge is 0.385 e. The second-order valence-corrected chi connectivity index (χ2v) is 6.67. The van der Waals surface area contributed by atoms with Crippen LogP contribution in [0.3, 0.4) is 0 Å². The molecule has 2 atom stereocenters. The Hall–Kier alpha value is -1.51. The van der Waals surface area contributed by atoms with Gasteiger partial charge >= 0.3 is 0 Å². The van der Waals surface area contributed by atoms with Gasteiger partial charge in [-0.25, -0.2) is 0 Å². The zero-order valence-electron chi connectivity index (χ0n) is 13.7. The van der Waals surface area contributed by atoms with Crippen molar-refractivity contribution >= 4 is 11.6 Å². The van der Waals surface area contributed by atoms with Gasteiger partial charge in [-0.3, -0.25) is 4.79 Å². The molecule has 3 heteroatoms. The number of hydrogen-bond acceptors (Lipinski definition) is 2. The average molecular weight is 288 g/mol. The second-order valence-electron chi connectivity index (χ2n) is 6.67. The van der Waals surface area contributed by atoms with Crippen LogP contribution in [0.2, 0.25) is 0 Å². The fourth-order valence-corrected chi connectivity index (χ4v) is 3.52. The van der Waals surface area contributed by atoms with Crippen LogP contribution in [-0.2, 0) is 0 Å². The van der Waals surface area contributed by atoms with Gasteiger partial charge in [-0.2, -0.15) is 0 Å². The number of aryl methyl sites for hydroxylation is 1. The van der Waals surface area contributed by atoms with Gasteiger partial charge in [0.15, 0.2) is 0 Å². The van der Waals surface area contributed by atoms with Gasteiger partial charge in [0.25, 0.3) is 5.91 Å². The third kappa shape index (κ3) is 4.23. The number of benzene rings is 1. The number of rotatable bonds is 4. The molecule has 21 heavy (non-hydrogen) atoms. The first-order valence-corrected chi connectivity index (χ1v) is 8.15. The number of carbonyl (C=O) groups is 1. The van der Waals surface area contributed by atoms with Crippen LogP contribution in [0.25, 0.3) is 0 Å². The fraction of sp³-hybridized carbons (Fsp3) is 0.611. The van der Waals surface area contributed by atoms with E-state index in [-0.39, 0.29) is 5.91 Å². The van der Waals surface area contributed by atoms with Gasteiger partial charge in [-0.15, -0.1) is 0 Å². The van der Waals surface area contributed by atoms with E-state index in [1.165, 1.54) is 12.0 Å². The van der Waals surface area contributed by atoms with Gasteiger partial charge in [0.2, 0.25) is 0 Å². The number of nitrogens with one attached hydrogen (secondary N) is 2. The molecule has 1 amide bonds. The quantitative estimate of drug-likeness (QED) is 0.880. The highest BCUT2D eigenvalue weighted by Gasteiger charge is 2.25. The summed E-state index contributed by atoms with van der Waals surface area (Å²) in [5.41, 5.74) is 2.86. The maximum Gasteiger partial charge on any atom is 0.253 e. The van der Waals surface area contributed by atoms with Gasteiger partial charge in [-0.1, -0.05) is 19.9 Å². The molecule has 0 aliphatic heterocycles. The molecule has 2 N–H and O–H groups in total. The predicted molar refractivity (Wildman–Crippen MR) is 88.8 cm³/mol. The van der Waals surface area contributed by atoms with Crippen LogP contribution in [0.5, 0.6) is 0 Å². The highest BCUT2D eigenvalue weighted by atomic mass is 16.1. The number of carbonyl (C=O) groups excluding carboxylic acids is 1. The molecule has 1 aromatic carbocycles. The minimum atomic E-state index is 0.0530. The Morgan fingerprint density at radius 3 is 2.48 bits per heavy atom. The Labute approximate surface area is 128 Å². The maximum atomic E-state index is 12.6. The molecule has 116 valence electrons. The molecule has 2 unspecified atom stereocenters. The molecule has 0 spiro atoms. The van der Waals surface area contributed by atoms with E-state index in [0.29, 0.717) is 17.9 Å². The van der Waals surface area contributed by atoms with Crippen LogP contribution in [0.1, 0.15) is 56.0 Å². The summed E-state index contributed by atoms with van der Waals surface area (Å²) >= 11 is 0. The lowest BCUT2D eigenvalue weighted by Crippen LogP contribution is -2.40. The SMILES string of the molecule is CCNc1cc(C)ccc1C(=O)NC1CC(C)CC(C)C1. The first kappa shape index (κ1) is 15.9. The number of anilines is 1. The van der Waals surface area contributed by atoms with Gasteiger partial charge < -0.3 is 10.6 Å². The highest BCUT2D eigenvalue weighted by molar-refractivity contribution is 5.99. The Kier molecular flexibility index (Phi) is 5.27. The van der Waals surface area contributed by atoms with E-state index in [0.717, 1.165) is 30.6 Å². The third-order valence-corrected chi connectivity index (χ3v) is 4.30. The average Bonchev–Trinajstić information content (AvgIpc) is 2.37. The normalized spacial score (nSPS) is 25.4. The molecule has 2 rings (SSSR count). The molecule has 0 radical (unpaired) electrons. The molecule has 1 aromatic rings.